The number of pyridine rings is 1. The molecule has 1 unspecified atom stereocenters. The molecule has 1 aliphatic rings. The summed E-state index contributed by atoms with van der Waals surface area (Å²) in [5.41, 5.74) is 1.63. The van der Waals surface area contributed by atoms with Crippen LogP contribution in [0.3, 0.4) is 0 Å². The summed E-state index contributed by atoms with van der Waals surface area (Å²) in [5, 5.41) is 2.60. The van der Waals surface area contributed by atoms with E-state index in [0.29, 0.717) is 6.54 Å². The minimum Gasteiger partial charge on any atom is -0.438 e. The maximum absolute atomic E-state index is 10.9. The van der Waals surface area contributed by atoms with E-state index in [4.69, 9.17) is 4.74 Å². The van der Waals surface area contributed by atoms with E-state index in [1.165, 1.54) is 0 Å². The van der Waals surface area contributed by atoms with Gasteiger partial charge in [-0.05, 0) is 12.1 Å². The summed E-state index contributed by atoms with van der Waals surface area (Å²) in [4.78, 5) is 15.2. The molecule has 1 amide bonds. The SMILES string of the molecule is O=C1NCC(c2cn3ccccc3n2)O1. The van der Waals surface area contributed by atoms with E-state index in [2.05, 4.69) is 10.3 Å². The Hall–Kier alpha value is -2.04. The fourth-order valence-electron chi connectivity index (χ4n) is 1.66. The number of hydrogen-bond acceptors (Lipinski definition) is 3. The molecule has 15 heavy (non-hydrogen) atoms. The van der Waals surface area contributed by atoms with E-state index in [1.807, 2.05) is 35.0 Å². The van der Waals surface area contributed by atoms with Crippen molar-refractivity contribution < 1.29 is 9.53 Å². The third-order valence-electron chi connectivity index (χ3n) is 2.39. The van der Waals surface area contributed by atoms with Crippen LogP contribution in [0.4, 0.5) is 4.79 Å². The highest BCUT2D eigenvalue weighted by atomic mass is 16.6. The molecular weight excluding hydrogens is 194 g/mol. The summed E-state index contributed by atoms with van der Waals surface area (Å²) >= 11 is 0. The monoisotopic (exact) mass is 203 g/mol. The first-order valence-corrected chi connectivity index (χ1v) is 4.71. The largest absolute Gasteiger partial charge is 0.438 e. The molecule has 5 nitrogen and oxygen atoms in total. The van der Waals surface area contributed by atoms with Crippen molar-refractivity contribution in [3.05, 3.63) is 36.3 Å². The number of imidazole rings is 1. The van der Waals surface area contributed by atoms with E-state index >= 15 is 0 Å². The van der Waals surface area contributed by atoms with Crippen molar-refractivity contribution in [2.24, 2.45) is 0 Å². The number of ether oxygens (including phenoxy) is 1. The maximum atomic E-state index is 10.9. The number of nitrogens with zero attached hydrogens (tertiary/aromatic N) is 2. The first-order chi connectivity index (χ1) is 7.33. The second kappa shape index (κ2) is 2.98. The second-order valence-electron chi connectivity index (χ2n) is 3.41. The van der Waals surface area contributed by atoms with Gasteiger partial charge in [0.2, 0.25) is 0 Å². The van der Waals surface area contributed by atoms with Gasteiger partial charge in [0.15, 0.2) is 6.10 Å². The summed E-state index contributed by atoms with van der Waals surface area (Å²) in [6, 6.07) is 5.76. The number of carbonyl (C=O) groups excluding carboxylic acids is 1. The van der Waals surface area contributed by atoms with Crippen LogP contribution in [0.5, 0.6) is 0 Å². The molecule has 3 heterocycles. The highest BCUT2D eigenvalue weighted by Crippen LogP contribution is 2.20. The molecule has 0 saturated carbocycles. The standard InChI is InChI=1S/C10H9N3O2/c14-10-11-5-8(15-10)7-6-13-4-2-1-3-9(13)12-7/h1-4,6,8H,5H2,(H,11,14). The van der Waals surface area contributed by atoms with E-state index in [-0.39, 0.29) is 12.2 Å². The van der Waals surface area contributed by atoms with Crippen LogP contribution in [0, 0.1) is 0 Å². The van der Waals surface area contributed by atoms with Crippen molar-refractivity contribution >= 4 is 11.7 Å². The number of hydrogen-bond donors (Lipinski definition) is 1. The van der Waals surface area contributed by atoms with Gasteiger partial charge in [-0.1, -0.05) is 6.07 Å². The fourth-order valence-corrected chi connectivity index (χ4v) is 1.66. The quantitative estimate of drug-likeness (QED) is 0.755. The van der Waals surface area contributed by atoms with Crippen molar-refractivity contribution in [2.75, 3.05) is 6.54 Å². The van der Waals surface area contributed by atoms with Gasteiger partial charge in [-0.25, -0.2) is 9.78 Å². The molecule has 1 fully saturated rings. The summed E-state index contributed by atoms with van der Waals surface area (Å²) in [6.45, 7) is 0.489. The molecule has 1 aliphatic heterocycles. The molecule has 2 aromatic rings. The highest BCUT2D eigenvalue weighted by molar-refractivity contribution is 5.69. The molecule has 0 aromatic carbocycles. The molecule has 0 radical (unpaired) electrons. The van der Waals surface area contributed by atoms with Gasteiger partial charge in [-0.15, -0.1) is 0 Å². The van der Waals surface area contributed by atoms with Crippen LogP contribution in [0.15, 0.2) is 30.6 Å². The average molecular weight is 203 g/mol. The Morgan fingerprint density at radius 2 is 2.47 bits per heavy atom. The molecular formula is C10H9N3O2. The van der Waals surface area contributed by atoms with E-state index in [1.54, 1.807) is 0 Å². The summed E-state index contributed by atoms with van der Waals surface area (Å²) in [7, 11) is 0. The van der Waals surface area contributed by atoms with Crippen molar-refractivity contribution in [3.63, 3.8) is 0 Å². The first-order valence-electron chi connectivity index (χ1n) is 4.71. The number of rotatable bonds is 1. The molecule has 1 N–H and O–H groups in total. The molecule has 1 atom stereocenters. The number of cyclic esters (lactones) is 1. The minimum absolute atomic E-state index is 0.266. The van der Waals surface area contributed by atoms with Crippen molar-refractivity contribution in [1.29, 1.82) is 0 Å². The molecule has 0 bridgehead atoms. The average Bonchev–Trinajstić information content (AvgIpc) is 2.82. The van der Waals surface area contributed by atoms with Gasteiger partial charge in [0.1, 0.15) is 11.3 Å². The zero-order valence-corrected chi connectivity index (χ0v) is 7.88. The third kappa shape index (κ3) is 1.32. The van der Waals surface area contributed by atoms with Crippen LogP contribution in [0.1, 0.15) is 11.8 Å². The Morgan fingerprint density at radius 3 is 3.20 bits per heavy atom. The second-order valence-corrected chi connectivity index (χ2v) is 3.41. The molecule has 3 rings (SSSR count). The number of alkyl carbamates (subject to hydrolysis) is 1. The fraction of sp³-hybridized carbons (Fsp3) is 0.200. The smallest absolute Gasteiger partial charge is 0.408 e. The Bertz CT molecular complexity index is 487. The van der Waals surface area contributed by atoms with Gasteiger partial charge in [-0.3, -0.25) is 0 Å². The van der Waals surface area contributed by atoms with Crippen LogP contribution in [0.2, 0.25) is 0 Å². The zero-order valence-electron chi connectivity index (χ0n) is 7.88. The number of aromatic nitrogens is 2. The summed E-state index contributed by atoms with van der Waals surface area (Å²) < 4.78 is 6.96. The van der Waals surface area contributed by atoms with Crippen LogP contribution in [-0.4, -0.2) is 22.0 Å². The number of carbonyl (C=O) groups is 1. The Morgan fingerprint density at radius 1 is 1.53 bits per heavy atom. The predicted octanol–water partition coefficient (Wildman–Crippen LogP) is 1.12. The zero-order chi connectivity index (χ0) is 10.3. The lowest BCUT2D eigenvalue weighted by molar-refractivity contribution is 0.139. The lowest BCUT2D eigenvalue weighted by Gasteiger charge is -2.01. The molecule has 5 heteroatoms. The van der Waals surface area contributed by atoms with Gasteiger partial charge >= 0.3 is 6.09 Å². The van der Waals surface area contributed by atoms with Crippen LogP contribution in [0.25, 0.3) is 5.65 Å². The highest BCUT2D eigenvalue weighted by Gasteiger charge is 2.26. The summed E-state index contributed by atoms with van der Waals surface area (Å²) in [6.07, 6.45) is 3.14. The summed E-state index contributed by atoms with van der Waals surface area (Å²) in [5.74, 6) is 0. The third-order valence-corrected chi connectivity index (χ3v) is 2.39. The lowest BCUT2D eigenvalue weighted by Crippen LogP contribution is -2.12. The first kappa shape index (κ1) is 8.28. The molecule has 76 valence electrons. The van der Waals surface area contributed by atoms with Crippen molar-refractivity contribution in [2.45, 2.75) is 6.10 Å². The normalized spacial score (nSPS) is 20.3. The van der Waals surface area contributed by atoms with Crippen LogP contribution < -0.4 is 5.32 Å². The molecule has 0 aliphatic carbocycles. The van der Waals surface area contributed by atoms with Gasteiger partial charge < -0.3 is 14.5 Å². The minimum atomic E-state index is -0.378. The van der Waals surface area contributed by atoms with Crippen molar-refractivity contribution in [1.82, 2.24) is 14.7 Å². The van der Waals surface area contributed by atoms with Gasteiger partial charge in [0.05, 0.1) is 6.54 Å². The Kier molecular flexibility index (Phi) is 1.65. The number of fused-ring (bicyclic) bond motifs is 1. The van der Waals surface area contributed by atoms with E-state index < -0.39 is 0 Å². The number of amides is 1. The van der Waals surface area contributed by atoms with Crippen LogP contribution >= 0.6 is 0 Å². The molecule has 1 saturated heterocycles. The van der Waals surface area contributed by atoms with E-state index in [0.717, 1.165) is 11.3 Å². The lowest BCUT2D eigenvalue weighted by atomic mass is 10.3. The van der Waals surface area contributed by atoms with Gasteiger partial charge in [0, 0.05) is 12.4 Å². The molecule has 0 spiro atoms. The van der Waals surface area contributed by atoms with Crippen molar-refractivity contribution in [3.8, 4) is 0 Å². The van der Waals surface area contributed by atoms with Crippen LogP contribution in [-0.2, 0) is 4.74 Å². The molecule has 2 aromatic heterocycles. The topological polar surface area (TPSA) is 55.6 Å². The number of nitrogens with one attached hydrogen (secondary N) is 1. The Balaban J connectivity index is 2.01. The van der Waals surface area contributed by atoms with Gasteiger partial charge in [-0.2, -0.15) is 0 Å². The Labute approximate surface area is 85.7 Å². The van der Waals surface area contributed by atoms with E-state index in [9.17, 15) is 4.79 Å². The van der Waals surface area contributed by atoms with Gasteiger partial charge in [0.25, 0.3) is 0 Å². The maximum Gasteiger partial charge on any atom is 0.408 e. The predicted molar refractivity (Wildman–Crippen MR) is 52.4 cm³/mol.